The Morgan fingerprint density at radius 1 is 1.39 bits per heavy atom. The quantitative estimate of drug-likeness (QED) is 0.606. The third kappa shape index (κ3) is 3.71. The second-order valence-electron chi connectivity index (χ2n) is 5.67. The third-order valence-electron chi connectivity index (χ3n) is 4.45. The van der Waals surface area contributed by atoms with Gasteiger partial charge >= 0.3 is 5.97 Å². The van der Waals surface area contributed by atoms with Crippen LogP contribution in [0.5, 0.6) is 0 Å². The maximum atomic E-state index is 11.8. The highest BCUT2D eigenvalue weighted by molar-refractivity contribution is 5.73. The van der Waals surface area contributed by atoms with Crippen LogP contribution in [-0.2, 0) is 9.53 Å². The fourth-order valence-corrected chi connectivity index (χ4v) is 3.37. The van der Waals surface area contributed by atoms with Crippen molar-refractivity contribution in [3.63, 3.8) is 0 Å². The summed E-state index contributed by atoms with van der Waals surface area (Å²) >= 11 is 0. The van der Waals surface area contributed by atoms with Crippen LogP contribution in [0.2, 0.25) is 0 Å². The molecule has 0 aliphatic heterocycles. The number of ether oxygens (including phenoxy) is 1. The van der Waals surface area contributed by atoms with Crippen LogP contribution in [0.4, 0.5) is 0 Å². The summed E-state index contributed by atoms with van der Waals surface area (Å²) in [5, 5.41) is 10.8. The van der Waals surface area contributed by atoms with E-state index >= 15 is 0 Å². The SMILES string of the molecule is CCCC1CCCC(O)(C(CC)C(=O)OC)CC1. The van der Waals surface area contributed by atoms with Crippen molar-refractivity contribution in [2.45, 2.75) is 70.8 Å². The van der Waals surface area contributed by atoms with Gasteiger partial charge in [0, 0.05) is 0 Å². The molecule has 3 atom stereocenters. The first-order chi connectivity index (χ1) is 8.57. The van der Waals surface area contributed by atoms with Gasteiger partial charge in [0.05, 0.1) is 18.6 Å². The van der Waals surface area contributed by atoms with Gasteiger partial charge in [-0.15, -0.1) is 0 Å². The molecule has 0 heterocycles. The molecule has 106 valence electrons. The van der Waals surface area contributed by atoms with E-state index in [1.54, 1.807) is 0 Å². The van der Waals surface area contributed by atoms with Crippen LogP contribution in [0.15, 0.2) is 0 Å². The van der Waals surface area contributed by atoms with Gasteiger partial charge in [-0.3, -0.25) is 4.79 Å². The summed E-state index contributed by atoms with van der Waals surface area (Å²) in [5.41, 5.74) is -0.843. The Morgan fingerprint density at radius 2 is 2.11 bits per heavy atom. The molecule has 0 radical (unpaired) electrons. The summed E-state index contributed by atoms with van der Waals surface area (Å²) in [5.74, 6) is 0.107. The zero-order valence-electron chi connectivity index (χ0n) is 12.1. The molecular weight excluding hydrogens is 228 g/mol. The topological polar surface area (TPSA) is 46.5 Å². The summed E-state index contributed by atoms with van der Waals surface area (Å²) in [6, 6.07) is 0. The summed E-state index contributed by atoms with van der Waals surface area (Å²) in [6.45, 7) is 4.16. The van der Waals surface area contributed by atoms with E-state index in [0.29, 0.717) is 6.42 Å². The number of esters is 1. The van der Waals surface area contributed by atoms with Gasteiger partial charge < -0.3 is 9.84 Å². The van der Waals surface area contributed by atoms with Crippen LogP contribution in [0.3, 0.4) is 0 Å². The lowest BCUT2D eigenvalue weighted by Crippen LogP contribution is -2.42. The van der Waals surface area contributed by atoms with Crippen molar-refractivity contribution >= 4 is 5.97 Å². The van der Waals surface area contributed by atoms with Gasteiger partial charge in [-0.05, 0) is 31.6 Å². The fourth-order valence-electron chi connectivity index (χ4n) is 3.37. The molecule has 0 amide bonds. The zero-order valence-corrected chi connectivity index (χ0v) is 12.1. The molecule has 1 rings (SSSR count). The summed E-state index contributed by atoms with van der Waals surface area (Å²) in [4.78, 5) is 11.8. The standard InChI is InChI=1S/C15H28O3/c1-4-7-12-8-6-10-15(17,11-9-12)13(5-2)14(16)18-3/h12-13,17H,4-11H2,1-3H3. The maximum absolute atomic E-state index is 11.8. The Labute approximate surface area is 111 Å². The first-order valence-corrected chi connectivity index (χ1v) is 7.37. The largest absolute Gasteiger partial charge is 0.469 e. The summed E-state index contributed by atoms with van der Waals surface area (Å²) in [7, 11) is 1.41. The normalized spacial score (nSPS) is 30.6. The highest BCUT2D eigenvalue weighted by Crippen LogP contribution is 2.38. The second kappa shape index (κ2) is 7.13. The summed E-state index contributed by atoms with van der Waals surface area (Å²) < 4.78 is 4.84. The minimum absolute atomic E-state index is 0.256. The number of rotatable bonds is 5. The van der Waals surface area contributed by atoms with Crippen LogP contribution in [-0.4, -0.2) is 23.8 Å². The molecule has 0 aromatic heterocycles. The Kier molecular flexibility index (Phi) is 6.13. The Bertz CT molecular complexity index is 264. The predicted molar refractivity (Wildman–Crippen MR) is 72.2 cm³/mol. The summed E-state index contributed by atoms with van der Waals surface area (Å²) in [6.07, 6.45) is 7.83. The fraction of sp³-hybridized carbons (Fsp3) is 0.933. The second-order valence-corrected chi connectivity index (χ2v) is 5.67. The minimum atomic E-state index is -0.843. The molecule has 18 heavy (non-hydrogen) atoms. The maximum Gasteiger partial charge on any atom is 0.311 e. The molecule has 0 spiro atoms. The van der Waals surface area contributed by atoms with Crippen molar-refractivity contribution < 1.29 is 14.6 Å². The van der Waals surface area contributed by atoms with Gasteiger partial charge in [-0.1, -0.05) is 39.5 Å². The van der Waals surface area contributed by atoms with Crippen molar-refractivity contribution in [2.75, 3.05) is 7.11 Å². The van der Waals surface area contributed by atoms with Crippen LogP contribution in [0.1, 0.15) is 65.2 Å². The molecule has 3 nitrogen and oxygen atoms in total. The monoisotopic (exact) mass is 256 g/mol. The molecule has 1 N–H and O–H groups in total. The van der Waals surface area contributed by atoms with Gasteiger partial charge in [-0.2, -0.15) is 0 Å². The average Bonchev–Trinajstić information content (AvgIpc) is 2.54. The molecule has 0 aromatic carbocycles. The van der Waals surface area contributed by atoms with Gasteiger partial charge in [0.1, 0.15) is 0 Å². The van der Waals surface area contributed by atoms with E-state index in [1.165, 1.54) is 26.4 Å². The molecule has 3 unspecified atom stereocenters. The number of carbonyl (C=O) groups is 1. The van der Waals surface area contributed by atoms with E-state index in [2.05, 4.69) is 6.92 Å². The number of aliphatic hydroxyl groups is 1. The molecule has 1 aliphatic carbocycles. The Balaban J connectivity index is 2.70. The lowest BCUT2D eigenvalue weighted by Gasteiger charge is -2.33. The Morgan fingerprint density at radius 3 is 2.67 bits per heavy atom. The van der Waals surface area contributed by atoms with Crippen molar-refractivity contribution in [1.82, 2.24) is 0 Å². The molecular formula is C15H28O3. The van der Waals surface area contributed by atoms with Gasteiger partial charge in [0.15, 0.2) is 0 Å². The smallest absolute Gasteiger partial charge is 0.311 e. The predicted octanol–water partition coefficient (Wildman–Crippen LogP) is 3.30. The molecule has 1 fully saturated rings. The van der Waals surface area contributed by atoms with Crippen LogP contribution >= 0.6 is 0 Å². The Hall–Kier alpha value is -0.570. The molecule has 3 heteroatoms. The van der Waals surface area contributed by atoms with E-state index in [0.717, 1.165) is 31.6 Å². The molecule has 0 aromatic rings. The van der Waals surface area contributed by atoms with E-state index in [9.17, 15) is 9.90 Å². The van der Waals surface area contributed by atoms with Crippen molar-refractivity contribution in [3.8, 4) is 0 Å². The lowest BCUT2D eigenvalue weighted by molar-refractivity contribution is -0.157. The van der Waals surface area contributed by atoms with E-state index < -0.39 is 5.60 Å². The van der Waals surface area contributed by atoms with Gasteiger partial charge in [0.25, 0.3) is 0 Å². The minimum Gasteiger partial charge on any atom is -0.469 e. The first-order valence-electron chi connectivity index (χ1n) is 7.37. The van der Waals surface area contributed by atoms with Crippen LogP contribution in [0, 0.1) is 11.8 Å². The third-order valence-corrected chi connectivity index (χ3v) is 4.45. The number of hydrogen-bond acceptors (Lipinski definition) is 3. The van der Waals surface area contributed by atoms with Crippen molar-refractivity contribution in [3.05, 3.63) is 0 Å². The molecule has 1 saturated carbocycles. The van der Waals surface area contributed by atoms with E-state index in [1.807, 2.05) is 6.92 Å². The number of hydrogen-bond donors (Lipinski definition) is 1. The molecule has 0 saturated heterocycles. The van der Waals surface area contributed by atoms with Gasteiger partial charge in [-0.25, -0.2) is 0 Å². The average molecular weight is 256 g/mol. The van der Waals surface area contributed by atoms with E-state index in [-0.39, 0.29) is 11.9 Å². The highest BCUT2D eigenvalue weighted by atomic mass is 16.5. The van der Waals surface area contributed by atoms with E-state index in [4.69, 9.17) is 4.74 Å². The van der Waals surface area contributed by atoms with Gasteiger partial charge in [0.2, 0.25) is 0 Å². The highest BCUT2D eigenvalue weighted by Gasteiger charge is 2.41. The molecule has 0 bridgehead atoms. The van der Waals surface area contributed by atoms with Crippen LogP contribution < -0.4 is 0 Å². The van der Waals surface area contributed by atoms with Crippen molar-refractivity contribution in [2.24, 2.45) is 11.8 Å². The van der Waals surface area contributed by atoms with Crippen LogP contribution in [0.25, 0.3) is 0 Å². The number of methoxy groups -OCH3 is 1. The number of carbonyl (C=O) groups excluding carboxylic acids is 1. The zero-order chi connectivity index (χ0) is 13.6. The first kappa shape index (κ1) is 15.5. The lowest BCUT2D eigenvalue weighted by atomic mass is 9.79. The van der Waals surface area contributed by atoms with Crippen molar-refractivity contribution in [1.29, 1.82) is 0 Å². The molecule has 1 aliphatic rings.